The molecule has 0 bridgehead atoms. The van der Waals surface area contributed by atoms with E-state index >= 15 is 0 Å². The predicted molar refractivity (Wildman–Crippen MR) is 117 cm³/mol. The molecule has 0 radical (unpaired) electrons. The zero-order valence-corrected chi connectivity index (χ0v) is 17.7. The number of hydrogen-bond acceptors (Lipinski definition) is 6. The fourth-order valence-corrected chi connectivity index (χ4v) is 4.97. The lowest BCUT2D eigenvalue weighted by atomic mass is 10.3. The number of piperazine rings is 1. The third kappa shape index (κ3) is 5.18. The van der Waals surface area contributed by atoms with E-state index in [9.17, 15) is 4.79 Å². The summed E-state index contributed by atoms with van der Waals surface area (Å²) in [6, 6.07) is 11.4. The molecule has 1 saturated heterocycles. The number of thiophene rings is 1. The number of anilines is 1. The van der Waals surface area contributed by atoms with Crippen LogP contribution in [0, 0.1) is 0 Å². The molecule has 4 rings (SSSR count). The molecule has 2 aromatic heterocycles. The summed E-state index contributed by atoms with van der Waals surface area (Å²) in [7, 11) is 0. The van der Waals surface area contributed by atoms with Gasteiger partial charge in [-0.2, -0.15) is 0 Å². The van der Waals surface area contributed by atoms with E-state index in [2.05, 4.69) is 38.0 Å². The van der Waals surface area contributed by atoms with Crippen molar-refractivity contribution in [2.24, 2.45) is 0 Å². The first-order valence-corrected chi connectivity index (χ1v) is 11.3. The molecule has 1 aromatic carbocycles. The second kappa shape index (κ2) is 9.15. The highest BCUT2D eigenvalue weighted by molar-refractivity contribution is 7.14. The third-order valence-corrected chi connectivity index (χ3v) is 6.59. The molecule has 1 aliphatic rings. The van der Waals surface area contributed by atoms with Crippen LogP contribution in [0.1, 0.15) is 5.01 Å². The SMILES string of the molecule is O=C(CN1CCN(Cc2nc(-c3cccs3)cs2)CC1)Nc1cccc(Cl)c1. The van der Waals surface area contributed by atoms with Crippen molar-refractivity contribution < 1.29 is 4.79 Å². The highest BCUT2D eigenvalue weighted by Crippen LogP contribution is 2.26. The first kappa shape index (κ1) is 19.5. The summed E-state index contributed by atoms with van der Waals surface area (Å²) in [6.07, 6.45) is 0. The summed E-state index contributed by atoms with van der Waals surface area (Å²) in [4.78, 5) is 22.8. The largest absolute Gasteiger partial charge is 0.325 e. The maximum atomic E-state index is 12.3. The Balaban J connectivity index is 1.23. The van der Waals surface area contributed by atoms with Crippen molar-refractivity contribution >= 4 is 45.9 Å². The molecule has 5 nitrogen and oxygen atoms in total. The Hall–Kier alpha value is -1.77. The number of halogens is 1. The summed E-state index contributed by atoms with van der Waals surface area (Å²) in [6.45, 7) is 4.92. The van der Waals surface area contributed by atoms with Gasteiger partial charge in [0.2, 0.25) is 5.91 Å². The maximum Gasteiger partial charge on any atom is 0.238 e. The molecular weight excluding hydrogens is 412 g/mol. The number of nitrogens with one attached hydrogen (secondary N) is 1. The van der Waals surface area contributed by atoms with Crippen LogP contribution >= 0.6 is 34.3 Å². The molecule has 1 aliphatic heterocycles. The van der Waals surface area contributed by atoms with Gasteiger partial charge in [-0.3, -0.25) is 14.6 Å². The summed E-state index contributed by atoms with van der Waals surface area (Å²) in [5.74, 6) is -0.00349. The second-order valence-electron chi connectivity index (χ2n) is 6.71. The van der Waals surface area contributed by atoms with Crippen LogP contribution in [0.2, 0.25) is 5.02 Å². The predicted octanol–water partition coefficient (Wildman–Crippen LogP) is 4.28. The standard InChI is InChI=1S/C20H21ClN4OS2/c21-15-3-1-4-16(11-15)22-19(26)12-24-6-8-25(9-7-24)13-20-23-17(14-28-20)18-5-2-10-27-18/h1-5,10-11,14H,6-9,12-13H2,(H,22,26). The van der Waals surface area contributed by atoms with Gasteiger partial charge in [-0.15, -0.1) is 22.7 Å². The number of nitrogens with zero attached hydrogens (tertiary/aromatic N) is 3. The molecule has 1 fully saturated rings. The minimum absolute atomic E-state index is 0.00349. The van der Waals surface area contributed by atoms with Gasteiger partial charge >= 0.3 is 0 Å². The topological polar surface area (TPSA) is 48.5 Å². The molecule has 28 heavy (non-hydrogen) atoms. The van der Waals surface area contributed by atoms with Crippen molar-refractivity contribution in [2.75, 3.05) is 38.0 Å². The Kier molecular flexibility index (Phi) is 6.39. The van der Waals surface area contributed by atoms with Crippen molar-refractivity contribution in [3.8, 4) is 10.6 Å². The number of carbonyl (C=O) groups excluding carboxylic acids is 1. The molecule has 0 spiro atoms. The average molecular weight is 433 g/mol. The van der Waals surface area contributed by atoms with E-state index < -0.39 is 0 Å². The van der Waals surface area contributed by atoms with Gasteiger partial charge in [0.25, 0.3) is 0 Å². The van der Waals surface area contributed by atoms with E-state index in [1.54, 1.807) is 34.8 Å². The van der Waals surface area contributed by atoms with Crippen LogP contribution in [0.15, 0.2) is 47.2 Å². The normalized spacial score (nSPS) is 15.6. The minimum atomic E-state index is -0.00349. The molecule has 3 heterocycles. The Morgan fingerprint density at radius 1 is 1.11 bits per heavy atom. The lowest BCUT2D eigenvalue weighted by molar-refractivity contribution is -0.117. The number of benzene rings is 1. The zero-order chi connectivity index (χ0) is 19.3. The van der Waals surface area contributed by atoms with E-state index in [0.29, 0.717) is 11.6 Å². The molecular formula is C20H21ClN4OS2. The van der Waals surface area contributed by atoms with Crippen LogP contribution in [0.4, 0.5) is 5.69 Å². The van der Waals surface area contributed by atoms with E-state index in [0.717, 1.165) is 49.1 Å². The number of amides is 1. The number of hydrogen-bond donors (Lipinski definition) is 1. The summed E-state index contributed by atoms with van der Waals surface area (Å²) in [5, 5.41) is 8.90. The monoisotopic (exact) mass is 432 g/mol. The van der Waals surface area contributed by atoms with Gasteiger partial charge in [-0.25, -0.2) is 4.98 Å². The quantitative estimate of drug-likeness (QED) is 0.631. The fourth-order valence-electron chi connectivity index (χ4n) is 3.19. The van der Waals surface area contributed by atoms with Crippen LogP contribution in [0.5, 0.6) is 0 Å². The van der Waals surface area contributed by atoms with E-state index in [-0.39, 0.29) is 5.91 Å². The van der Waals surface area contributed by atoms with Crippen molar-refractivity contribution in [3.05, 3.63) is 57.2 Å². The summed E-state index contributed by atoms with van der Waals surface area (Å²) >= 11 is 9.40. The molecule has 1 amide bonds. The van der Waals surface area contributed by atoms with E-state index in [1.165, 1.54) is 4.88 Å². The van der Waals surface area contributed by atoms with Crippen LogP contribution in [0.25, 0.3) is 10.6 Å². The molecule has 0 unspecified atom stereocenters. The van der Waals surface area contributed by atoms with Crippen molar-refractivity contribution in [1.82, 2.24) is 14.8 Å². The van der Waals surface area contributed by atoms with Gasteiger partial charge in [0, 0.05) is 42.3 Å². The molecule has 3 aromatic rings. The van der Waals surface area contributed by atoms with Gasteiger partial charge in [0.05, 0.1) is 23.7 Å². The molecule has 0 aliphatic carbocycles. The first-order chi connectivity index (χ1) is 13.7. The number of rotatable bonds is 6. The van der Waals surface area contributed by atoms with Gasteiger partial charge in [0.15, 0.2) is 0 Å². The molecule has 0 saturated carbocycles. The Morgan fingerprint density at radius 3 is 2.68 bits per heavy atom. The van der Waals surface area contributed by atoms with E-state index in [4.69, 9.17) is 16.6 Å². The van der Waals surface area contributed by atoms with Crippen LogP contribution < -0.4 is 5.32 Å². The first-order valence-electron chi connectivity index (χ1n) is 9.14. The van der Waals surface area contributed by atoms with Gasteiger partial charge in [-0.1, -0.05) is 23.7 Å². The van der Waals surface area contributed by atoms with E-state index in [1.807, 2.05) is 12.1 Å². The molecule has 8 heteroatoms. The molecule has 0 atom stereocenters. The summed E-state index contributed by atoms with van der Waals surface area (Å²) in [5.41, 5.74) is 1.81. The van der Waals surface area contributed by atoms with Crippen LogP contribution in [-0.4, -0.2) is 53.4 Å². The fraction of sp³-hybridized carbons (Fsp3) is 0.300. The lowest BCUT2D eigenvalue weighted by Gasteiger charge is -2.33. The lowest BCUT2D eigenvalue weighted by Crippen LogP contribution is -2.48. The Morgan fingerprint density at radius 2 is 1.93 bits per heavy atom. The molecule has 146 valence electrons. The highest BCUT2D eigenvalue weighted by atomic mass is 35.5. The van der Waals surface area contributed by atoms with Crippen molar-refractivity contribution in [3.63, 3.8) is 0 Å². The second-order valence-corrected chi connectivity index (χ2v) is 9.04. The average Bonchev–Trinajstić information content (AvgIpc) is 3.35. The van der Waals surface area contributed by atoms with Crippen LogP contribution in [-0.2, 0) is 11.3 Å². The van der Waals surface area contributed by atoms with Crippen molar-refractivity contribution in [2.45, 2.75) is 6.54 Å². The minimum Gasteiger partial charge on any atom is -0.325 e. The van der Waals surface area contributed by atoms with Gasteiger partial charge in [0.1, 0.15) is 5.01 Å². The Bertz CT molecular complexity index is 920. The third-order valence-electron chi connectivity index (χ3n) is 4.62. The van der Waals surface area contributed by atoms with Gasteiger partial charge < -0.3 is 5.32 Å². The molecule has 1 N–H and O–H groups in total. The van der Waals surface area contributed by atoms with Crippen LogP contribution in [0.3, 0.4) is 0 Å². The zero-order valence-electron chi connectivity index (χ0n) is 15.3. The maximum absolute atomic E-state index is 12.3. The smallest absolute Gasteiger partial charge is 0.238 e. The number of thiazole rings is 1. The summed E-state index contributed by atoms with van der Waals surface area (Å²) < 4.78 is 0. The number of aromatic nitrogens is 1. The highest BCUT2D eigenvalue weighted by Gasteiger charge is 2.20. The Labute approximate surface area is 177 Å². The van der Waals surface area contributed by atoms with Gasteiger partial charge in [-0.05, 0) is 29.6 Å². The van der Waals surface area contributed by atoms with Crippen molar-refractivity contribution in [1.29, 1.82) is 0 Å². The number of carbonyl (C=O) groups is 1.